The Morgan fingerprint density at radius 3 is 1.00 bits per heavy atom. The van der Waals surface area contributed by atoms with E-state index in [1.54, 1.807) is 0 Å². The van der Waals surface area contributed by atoms with Crippen molar-refractivity contribution in [2.75, 3.05) is 0 Å². The third kappa shape index (κ3) is 2.49. The van der Waals surface area contributed by atoms with Crippen molar-refractivity contribution in [3.05, 3.63) is 0 Å². The summed E-state index contributed by atoms with van der Waals surface area (Å²) in [7, 11) is -6.07. The normalized spacial score (nSPS) is 18.1. The van der Waals surface area contributed by atoms with Gasteiger partial charge in [-0.2, -0.15) is 0 Å². The van der Waals surface area contributed by atoms with Crippen LogP contribution >= 0.6 is 7.51 Å². The van der Waals surface area contributed by atoms with E-state index >= 15 is 0 Å². The number of aliphatic hydroxyl groups is 2. The molecule has 0 unspecified atom stereocenters. The van der Waals surface area contributed by atoms with E-state index in [4.69, 9.17) is 29.8 Å². The molecular formula is CH7O6P. The molecule has 6 N–H and O–H groups in total. The summed E-state index contributed by atoms with van der Waals surface area (Å²) < 4.78 is 0. The first kappa shape index (κ1) is 8.19. The third-order valence-corrected chi connectivity index (χ3v) is 1.24. The van der Waals surface area contributed by atoms with Gasteiger partial charge in [-0.05, 0) is 0 Å². The predicted molar refractivity (Wildman–Crippen MR) is 24.0 cm³/mol. The first-order valence-electron chi connectivity index (χ1n) is 1.57. The Labute approximate surface area is 44.5 Å². The molecule has 0 aromatic rings. The molecule has 0 rings (SSSR count). The van der Waals surface area contributed by atoms with Crippen LogP contribution in [0.15, 0.2) is 0 Å². The van der Waals surface area contributed by atoms with Gasteiger partial charge < -0.3 is 0 Å². The van der Waals surface area contributed by atoms with Crippen LogP contribution in [0.1, 0.15) is 0 Å². The molecule has 0 aliphatic rings. The fourth-order valence-corrected chi connectivity index (χ4v) is 0. The van der Waals surface area contributed by atoms with Crippen LogP contribution in [0.25, 0.3) is 0 Å². The zero-order valence-corrected chi connectivity index (χ0v) is 4.60. The van der Waals surface area contributed by atoms with Crippen molar-refractivity contribution in [3.63, 3.8) is 0 Å². The maximum absolute atomic E-state index is 7.86. The van der Waals surface area contributed by atoms with E-state index in [0.717, 1.165) is 0 Å². The van der Waals surface area contributed by atoms with Gasteiger partial charge in [-0.15, -0.1) is 0 Å². The van der Waals surface area contributed by atoms with Gasteiger partial charge in [-0.3, -0.25) is 0 Å². The zero-order valence-electron chi connectivity index (χ0n) is 3.71. The van der Waals surface area contributed by atoms with Crippen molar-refractivity contribution >= 4 is 7.51 Å². The van der Waals surface area contributed by atoms with E-state index in [9.17, 15) is 0 Å². The summed E-state index contributed by atoms with van der Waals surface area (Å²) in [6.07, 6.45) is 0. The van der Waals surface area contributed by atoms with Gasteiger partial charge in [-0.25, -0.2) is 0 Å². The summed E-state index contributed by atoms with van der Waals surface area (Å²) in [5, 5.41) is 15.5. The standard InChI is InChI=1S/CH7O6P/c2-1(3)8(4,5,6)7/h1-7H. The van der Waals surface area contributed by atoms with Crippen molar-refractivity contribution in [1.82, 2.24) is 0 Å². The van der Waals surface area contributed by atoms with Gasteiger partial charge in [0, 0.05) is 0 Å². The van der Waals surface area contributed by atoms with Crippen LogP contribution in [0.3, 0.4) is 0 Å². The molecular weight excluding hydrogens is 139 g/mol. The van der Waals surface area contributed by atoms with E-state index < -0.39 is 13.5 Å². The second kappa shape index (κ2) is 1.58. The Kier molecular flexibility index (Phi) is 1.62. The van der Waals surface area contributed by atoms with Gasteiger partial charge >= 0.3 is 43.3 Å². The van der Waals surface area contributed by atoms with Crippen molar-refractivity contribution < 1.29 is 29.8 Å². The maximum atomic E-state index is 7.86. The molecule has 0 heterocycles. The van der Waals surface area contributed by atoms with Gasteiger partial charge in [0.1, 0.15) is 0 Å². The molecule has 0 aromatic heterocycles. The summed E-state index contributed by atoms with van der Waals surface area (Å²) in [6.45, 7) is 0. The second-order valence-corrected chi connectivity index (χ2v) is 3.80. The van der Waals surface area contributed by atoms with Gasteiger partial charge in [0.05, 0.1) is 0 Å². The quantitative estimate of drug-likeness (QED) is 0.179. The summed E-state index contributed by atoms with van der Waals surface area (Å²) in [4.78, 5) is 31.4. The van der Waals surface area contributed by atoms with Crippen LogP contribution in [-0.2, 0) is 0 Å². The van der Waals surface area contributed by atoms with Crippen LogP contribution in [0.2, 0.25) is 0 Å². The van der Waals surface area contributed by atoms with E-state index in [1.165, 1.54) is 0 Å². The van der Waals surface area contributed by atoms with Crippen molar-refractivity contribution in [2.24, 2.45) is 0 Å². The Balaban J connectivity index is 4.14. The van der Waals surface area contributed by atoms with Crippen molar-refractivity contribution in [2.45, 2.75) is 6.03 Å². The van der Waals surface area contributed by atoms with Crippen LogP contribution in [0.4, 0.5) is 0 Å². The molecule has 0 aromatic carbocycles. The molecule has 0 fully saturated rings. The topological polar surface area (TPSA) is 121 Å². The van der Waals surface area contributed by atoms with Crippen molar-refractivity contribution in [3.8, 4) is 0 Å². The van der Waals surface area contributed by atoms with Crippen LogP contribution in [0, 0.1) is 0 Å². The summed E-state index contributed by atoms with van der Waals surface area (Å²) >= 11 is 0. The second-order valence-electron chi connectivity index (χ2n) is 1.34. The van der Waals surface area contributed by atoms with Gasteiger partial charge in [0.25, 0.3) is 0 Å². The summed E-state index contributed by atoms with van der Waals surface area (Å²) in [5.41, 5.74) is 0. The minimum absolute atomic E-state index is 2.90. The molecule has 0 aliphatic carbocycles. The fraction of sp³-hybridized carbons (Fsp3) is 1.00. The van der Waals surface area contributed by atoms with Gasteiger partial charge in [0.15, 0.2) is 0 Å². The number of rotatable bonds is 1. The SMILES string of the molecule is OC(O)P(O)(O)(O)O. The van der Waals surface area contributed by atoms with Crippen LogP contribution < -0.4 is 0 Å². The first-order chi connectivity index (χ1) is 3.20. The van der Waals surface area contributed by atoms with E-state index in [1.807, 2.05) is 0 Å². The average Bonchev–Trinajstić information content (AvgIpc) is 1.27. The summed E-state index contributed by atoms with van der Waals surface area (Å²) in [5.74, 6) is 0. The molecule has 0 radical (unpaired) electrons. The predicted octanol–water partition coefficient (Wildman–Crippen LogP) is -2.56. The molecule has 0 aliphatic heterocycles. The molecule has 0 saturated heterocycles. The van der Waals surface area contributed by atoms with Crippen molar-refractivity contribution in [1.29, 1.82) is 0 Å². The molecule has 0 amide bonds. The summed E-state index contributed by atoms with van der Waals surface area (Å²) in [6, 6.07) is -2.90. The molecule has 0 saturated carbocycles. The molecule has 8 heavy (non-hydrogen) atoms. The number of hydrogen-bond acceptors (Lipinski definition) is 6. The molecule has 52 valence electrons. The zero-order chi connectivity index (χ0) is 7.02. The molecule has 6 nitrogen and oxygen atoms in total. The van der Waals surface area contributed by atoms with E-state index in [0.29, 0.717) is 0 Å². The Morgan fingerprint density at radius 1 is 0.875 bits per heavy atom. The molecule has 0 atom stereocenters. The Hall–Kier alpha value is 0.190. The molecule has 0 spiro atoms. The Morgan fingerprint density at radius 2 is 1.00 bits per heavy atom. The van der Waals surface area contributed by atoms with E-state index in [-0.39, 0.29) is 0 Å². The van der Waals surface area contributed by atoms with E-state index in [2.05, 4.69) is 0 Å². The molecule has 7 heteroatoms. The monoisotopic (exact) mass is 146 g/mol. The average molecular weight is 146 g/mol. The van der Waals surface area contributed by atoms with Gasteiger partial charge in [0.2, 0.25) is 0 Å². The number of aliphatic hydroxyl groups excluding tert-OH is 1. The number of hydrogen-bond donors (Lipinski definition) is 6. The van der Waals surface area contributed by atoms with Gasteiger partial charge in [-0.1, -0.05) is 0 Å². The molecule has 0 bridgehead atoms. The Bertz CT molecular complexity index is 79.2. The fourth-order valence-electron chi connectivity index (χ4n) is 0. The van der Waals surface area contributed by atoms with Crippen LogP contribution in [0.5, 0.6) is 0 Å². The van der Waals surface area contributed by atoms with Crippen LogP contribution in [-0.4, -0.2) is 35.8 Å². The first-order valence-corrected chi connectivity index (χ1v) is 3.69. The minimum atomic E-state index is -6.07. The third-order valence-electron chi connectivity index (χ3n) is 0.413.